The number of nitrogens with zero attached hydrogens (tertiary/aromatic N) is 4. The number of anilines is 1. The van der Waals surface area contributed by atoms with Gasteiger partial charge in [-0.15, -0.1) is 0 Å². The molecule has 0 saturated carbocycles. The molecule has 0 aliphatic heterocycles. The minimum atomic E-state index is -5.08. The first-order valence-electron chi connectivity index (χ1n) is 10.2. The summed E-state index contributed by atoms with van der Waals surface area (Å²) >= 11 is 0. The summed E-state index contributed by atoms with van der Waals surface area (Å²) in [6, 6.07) is 13.6. The van der Waals surface area contributed by atoms with Crippen molar-refractivity contribution in [2.45, 2.75) is 33.0 Å². The van der Waals surface area contributed by atoms with Gasteiger partial charge in [0.1, 0.15) is 11.6 Å². The number of carbonyl (C=O) groups excluding carboxylic acids is 1. The first-order chi connectivity index (χ1) is 16.0. The molecule has 4 heterocycles. The van der Waals surface area contributed by atoms with Gasteiger partial charge in [-0.05, 0) is 51.1 Å². The first kappa shape index (κ1) is 24.5. The third-order valence-corrected chi connectivity index (χ3v) is 4.70. The number of halogens is 3. The van der Waals surface area contributed by atoms with Gasteiger partial charge in [0, 0.05) is 35.9 Å². The van der Waals surface area contributed by atoms with Crippen LogP contribution >= 0.6 is 0 Å². The summed E-state index contributed by atoms with van der Waals surface area (Å²) in [5.74, 6) is -1.77. The van der Waals surface area contributed by atoms with E-state index in [1.807, 2.05) is 60.1 Å². The lowest BCUT2D eigenvalue weighted by Crippen LogP contribution is -2.21. The Morgan fingerprint density at radius 3 is 2.32 bits per heavy atom. The molecule has 178 valence electrons. The van der Waals surface area contributed by atoms with Crippen molar-refractivity contribution in [2.24, 2.45) is 0 Å². The van der Waals surface area contributed by atoms with E-state index in [1.165, 1.54) is 0 Å². The van der Waals surface area contributed by atoms with Gasteiger partial charge in [0.05, 0.1) is 5.52 Å². The number of imidazole rings is 1. The quantitative estimate of drug-likeness (QED) is 0.436. The number of fused-ring (bicyclic) bond motifs is 1. The van der Waals surface area contributed by atoms with Crippen molar-refractivity contribution in [3.05, 3.63) is 72.4 Å². The fourth-order valence-electron chi connectivity index (χ4n) is 3.06. The minimum absolute atomic E-state index is 0.272. The Hall–Kier alpha value is -4.15. The molecule has 2 N–H and O–H groups in total. The van der Waals surface area contributed by atoms with E-state index >= 15 is 0 Å². The number of carbonyl (C=O) groups is 2. The minimum Gasteiger partial charge on any atom is -0.475 e. The lowest BCUT2D eigenvalue weighted by Gasteiger charge is -2.05. The molecule has 4 aromatic rings. The third-order valence-electron chi connectivity index (χ3n) is 4.70. The average molecular weight is 473 g/mol. The fourth-order valence-corrected chi connectivity index (χ4v) is 3.06. The Morgan fingerprint density at radius 2 is 1.74 bits per heavy atom. The Kier molecular flexibility index (Phi) is 7.04. The molecule has 0 aromatic carbocycles. The van der Waals surface area contributed by atoms with Gasteiger partial charge in [-0.1, -0.05) is 12.1 Å². The van der Waals surface area contributed by atoms with Gasteiger partial charge < -0.3 is 15.0 Å². The Labute approximate surface area is 192 Å². The van der Waals surface area contributed by atoms with Crippen molar-refractivity contribution in [3.8, 4) is 11.4 Å². The van der Waals surface area contributed by atoms with Crippen molar-refractivity contribution in [1.82, 2.24) is 18.9 Å². The van der Waals surface area contributed by atoms with E-state index in [0.29, 0.717) is 17.6 Å². The molecule has 0 aliphatic carbocycles. The lowest BCUT2D eigenvalue weighted by molar-refractivity contribution is -0.192. The van der Waals surface area contributed by atoms with Crippen LogP contribution in [0.5, 0.6) is 0 Å². The summed E-state index contributed by atoms with van der Waals surface area (Å²) in [5.41, 5.74) is 2.96. The molecule has 0 unspecified atom stereocenters. The van der Waals surface area contributed by atoms with E-state index < -0.39 is 12.1 Å². The van der Waals surface area contributed by atoms with Crippen LogP contribution in [0.15, 0.2) is 61.1 Å². The number of carboxylic acids is 1. The van der Waals surface area contributed by atoms with Crippen molar-refractivity contribution in [2.75, 3.05) is 5.32 Å². The number of aromatic nitrogens is 4. The van der Waals surface area contributed by atoms with Gasteiger partial charge in [0.25, 0.3) is 5.91 Å². The molecular formula is C23H22F3N5O3. The largest absolute Gasteiger partial charge is 0.490 e. The number of nitrogens with one attached hydrogen (secondary N) is 1. The summed E-state index contributed by atoms with van der Waals surface area (Å²) in [6.45, 7) is 6.14. The molecule has 0 fully saturated rings. The molecule has 4 rings (SSSR count). The SMILES string of the molecule is Cc1cccc(NC(=O)c2nc(-c3ccn(C(C)C)c3)n3ccccc23)n1.O=C(O)C(F)(F)F. The van der Waals surface area contributed by atoms with Crippen LogP contribution in [0, 0.1) is 6.92 Å². The topological polar surface area (TPSA) is 102 Å². The highest BCUT2D eigenvalue weighted by molar-refractivity contribution is 6.07. The van der Waals surface area contributed by atoms with Crippen LogP contribution in [0.1, 0.15) is 36.1 Å². The summed E-state index contributed by atoms with van der Waals surface area (Å²) in [6.07, 6.45) is 0.919. The second kappa shape index (κ2) is 9.77. The van der Waals surface area contributed by atoms with Crippen LogP contribution in [0.3, 0.4) is 0 Å². The predicted molar refractivity (Wildman–Crippen MR) is 120 cm³/mol. The molecule has 0 atom stereocenters. The maximum atomic E-state index is 12.9. The van der Waals surface area contributed by atoms with Gasteiger partial charge in [-0.3, -0.25) is 9.20 Å². The van der Waals surface area contributed by atoms with Crippen LogP contribution in [0.25, 0.3) is 16.9 Å². The summed E-state index contributed by atoms with van der Waals surface area (Å²) < 4.78 is 35.8. The molecule has 4 aromatic heterocycles. The molecule has 0 aliphatic rings. The number of aryl methyl sites for hydroxylation is 1. The number of amides is 1. The number of alkyl halides is 3. The van der Waals surface area contributed by atoms with E-state index in [2.05, 4.69) is 39.9 Å². The average Bonchev–Trinajstić information content (AvgIpc) is 3.39. The normalized spacial score (nSPS) is 11.3. The molecule has 0 bridgehead atoms. The third kappa shape index (κ3) is 5.61. The smallest absolute Gasteiger partial charge is 0.475 e. The highest BCUT2D eigenvalue weighted by Gasteiger charge is 2.38. The molecule has 0 radical (unpaired) electrons. The molecule has 11 heteroatoms. The second-order valence-electron chi connectivity index (χ2n) is 7.60. The monoisotopic (exact) mass is 473 g/mol. The van der Waals surface area contributed by atoms with Crippen molar-refractivity contribution in [1.29, 1.82) is 0 Å². The van der Waals surface area contributed by atoms with Gasteiger partial charge in [-0.2, -0.15) is 13.2 Å². The number of aliphatic carboxylic acids is 1. The molecule has 8 nitrogen and oxygen atoms in total. The van der Waals surface area contributed by atoms with E-state index in [-0.39, 0.29) is 5.91 Å². The van der Waals surface area contributed by atoms with Crippen LogP contribution in [0.2, 0.25) is 0 Å². The molecule has 0 spiro atoms. The van der Waals surface area contributed by atoms with E-state index in [1.54, 1.807) is 6.07 Å². The molecule has 1 amide bonds. The van der Waals surface area contributed by atoms with Crippen LogP contribution in [-0.2, 0) is 4.79 Å². The maximum absolute atomic E-state index is 12.9. The number of hydrogen-bond donors (Lipinski definition) is 2. The van der Waals surface area contributed by atoms with Gasteiger partial charge in [0.15, 0.2) is 5.69 Å². The highest BCUT2D eigenvalue weighted by Crippen LogP contribution is 2.25. The van der Waals surface area contributed by atoms with Gasteiger partial charge in [0.2, 0.25) is 0 Å². The van der Waals surface area contributed by atoms with Crippen molar-refractivity contribution < 1.29 is 27.9 Å². The maximum Gasteiger partial charge on any atom is 0.490 e. The van der Waals surface area contributed by atoms with Gasteiger partial charge >= 0.3 is 12.1 Å². The number of hydrogen-bond acceptors (Lipinski definition) is 4. The van der Waals surface area contributed by atoms with Crippen LogP contribution in [0.4, 0.5) is 19.0 Å². The van der Waals surface area contributed by atoms with Crippen molar-refractivity contribution in [3.63, 3.8) is 0 Å². The number of carboxylic acid groups (broad SMARTS) is 1. The van der Waals surface area contributed by atoms with Gasteiger partial charge in [-0.25, -0.2) is 14.8 Å². The van der Waals surface area contributed by atoms with Crippen LogP contribution < -0.4 is 5.32 Å². The summed E-state index contributed by atoms with van der Waals surface area (Å²) in [7, 11) is 0. The number of rotatable bonds is 4. The van der Waals surface area contributed by atoms with Crippen LogP contribution in [-0.4, -0.2) is 42.1 Å². The predicted octanol–water partition coefficient (Wildman–Crippen LogP) is 4.97. The summed E-state index contributed by atoms with van der Waals surface area (Å²) in [5, 5.41) is 9.97. The van der Waals surface area contributed by atoms with E-state index in [9.17, 15) is 18.0 Å². The Balaban J connectivity index is 0.000000406. The molecule has 0 saturated heterocycles. The lowest BCUT2D eigenvalue weighted by atomic mass is 10.3. The summed E-state index contributed by atoms with van der Waals surface area (Å²) in [4.78, 5) is 30.8. The zero-order chi connectivity index (χ0) is 25.0. The first-order valence-corrected chi connectivity index (χ1v) is 10.2. The second-order valence-corrected chi connectivity index (χ2v) is 7.60. The molecular weight excluding hydrogens is 451 g/mol. The standard InChI is InChI=1S/C21H21N5O.C2HF3O2/c1-14(2)25-12-10-16(13-25)20-24-19(17-8-4-5-11-26(17)20)21(27)23-18-9-6-7-15(3)22-18;3-2(4,5)1(6)7/h4-14H,1-3H3,(H,22,23,27);(H,6,7). The Bertz CT molecular complexity index is 1320. The zero-order valence-electron chi connectivity index (χ0n) is 18.5. The zero-order valence-corrected chi connectivity index (χ0v) is 18.5. The van der Waals surface area contributed by atoms with E-state index in [0.717, 1.165) is 22.6 Å². The van der Waals surface area contributed by atoms with Crippen molar-refractivity contribution >= 4 is 23.2 Å². The number of pyridine rings is 2. The highest BCUT2D eigenvalue weighted by atomic mass is 19.4. The fraction of sp³-hybridized carbons (Fsp3) is 0.217. The van der Waals surface area contributed by atoms with E-state index in [4.69, 9.17) is 9.90 Å². The Morgan fingerprint density at radius 1 is 1.03 bits per heavy atom. The molecule has 34 heavy (non-hydrogen) atoms.